The first-order valence-electron chi connectivity index (χ1n) is 4.50. The molecule has 0 aromatic rings. The van der Waals surface area contributed by atoms with Gasteiger partial charge in [0.2, 0.25) is 5.91 Å². The van der Waals surface area contributed by atoms with Gasteiger partial charge in [0, 0.05) is 6.42 Å². The van der Waals surface area contributed by atoms with E-state index in [4.69, 9.17) is 5.11 Å². The summed E-state index contributed by atoms with van der Waals surface area (Å²) in [6.45, 7) is 5.32. The third kappa shape index (κ3) is 13.2. The molecule has 0 aliphatic heterocycles. The minimum Gasteiger partial charge on any atom is -0.481 e. The fourth-order valence-corrected chi connectivity index (χ4v) is 0.532. The van der Waals surface area contributed by atoms with Gasteiger partial charge in [0.15, 0.2) is 0 Å². The molecule has 82 valence electrons. The molecule has 0 saturated carbocycles. The van der Waals surface area contributed by atoms with E-state index in [1.165, 1.54) is 6.92 Å². The first kappa shape index (κ1) is 15.1. The smallest absolute Gasteiger partial charge is 0.303 e. The molecular formula is C9H17NO4. The van der Waals surface area contributed by atoms with Crippen molar-refractivity contribution in [3.8, 4) is 0 Å². The van der Waals surface area contributed by atoms with Crippen molar-refractivity contribution in [2.75, 3.05) is 6.54 Å². The van der Waals surface area contributed by atoms with Crippen LogP contribution in [0.3, 0.4) is 0 Å². The number of carboxylic acids is 1. The first-order chi connectivity index (χ1) is 6.52. The lowest BCUT2D eigenvalue weighted by atomic mass is 10.3. The zero-order chi connectivity index (χ0) is 11.6. The SMILES string of the molecule is CC.CC(=O)CNC(=O)CCC(=O)O. The molecule has 0 spiro atoms. The van der Waals surface area contributed by atoms with Gasteiger partial charge < -0.3 is 10.4 Å². The number of carbonyl (C=O) groups excluding carboxylic acids is 2. The molecule has 0 rings (SSSR count). The fourth-order valence-electron chi connectivity index (χ4n) is 0.532. The van der Waals surface area contributed by atoms with Gasteiger partial charge >= 0.3 is 5.97 Å². The minimum atomic E-state index is -1.02. The molecule has 0 heterocycles. The Kier molecular flexibility index (Phi) is 10.5. The Bertz CT molecular complexity index is 181. The highest BCUT2D eigenvalue weighted by molar-refractivity contribution is 5.85. The topological polar surface area (TPSA) is 83.5 Å². The molecule has 0 atom stereocenters. The first-order valence-corrected chi connectivity index (χ1v) is 4.50. The van der Waals surface area contributed by atoms with Gasteiger partial charge in [0.1, 0.15) is 5.78 Å². The van der Waals surface area contributed by atoms with Crippen LogP contribution < -0.4 is 5.32 Å². The van der Waals surface area contributed by atoms with Gasteiger partial charge in [0.25, 0.3) is 0 Å². The Morgan fingerprint density at radius 2 is 1.64 bits per heavy atom. The van der Waals surface area contributed by atoms with Crippen LogP contribution in [0, 0.1) is 0 Å². The molecule has 0 fully saturated rings. The van der Waals surface area contributed by atoms with Crippen molar-refractivity contribution in [2.24, 2.45) is 0 Å². The number of hydrogen-bond donors (Lipinski definition) is 2. The van der Waals surface area contributed by atoms with Crippen LogP contribution in [0.2, 0.25) is 0 Å². The third-order valence-electron chi connectivity index (χ3n) is 1.10. The van der Waals surface area contributed by atoms with Crippen molar-refractivity contribution in [2.45, 2.75) is 33.6 Å². The summed E-state index contributed by atoms with van der Waals surface area (Å²) in [7, 11) is 0. The normalized spacial score (nSPS) is 8.21. The Morgan fingerprint density at radius 1 is 1.14 bits per heavy atom. The van der Waals surface area contributed by atoms with Crippen LogP contribution in [0.4, 0.5) is 0 Å². The predicted molar refractivity (Wildman–Crippen MR) is 51.9 cm³/mol. The number of hydrogen-bond acceptors (Lipinski definition) is 3. The average Bonchev–Trinajstić information content (AvgIpc) is 2.14. The van der Waals surface area contributed by atoms with E-state index in [0.717, 1.165) is 0 Å². The maximum atomic E-state index is 10.7. The second kappa shape index (κ2) is 9.70. The Morgan fingerprint density at radius 3 is 2.00 bits per heavy atom. The van der Waals surface area contributed by atoms with Crippen molar-refractivity contribution in [1.29, 1.82) is 0 Å². The molecule has 5 heteroatoms. The molecule has 0 saturated heterocycles. The van der Waals surface area contributed by atoms with Crippen LogP contribution in [-0.4, -0.2) is 29.3 Å². The molecule has 1 amide bonds. The van der Waals surface area contributed by atoms with Crippen LogP contribution >= 0.6 is 0 Å². The molecule has 0 radical (unpaired) electrons. The molecule has 0 bridgehead atoms. The van der Waals surface area contributed by atoms with Crippen molar-refractivity contribution in [1.82, 2.24) is 5.32 Å². The zero-order valence-corrected chi connectivity index (χ0v) is 8.79. The maximum absolute atomic E-state index is 10.7. The number of carbonyl (C=O) groups is 3. The van der Waals surface area contributed by atoms with Gasteiger partial charge in [-0.2, -0.15) is 0 Å². The number of ketones is 1. The molecule has 5 nitrogen and oxygen atoms in total. The van der Waals surface area contributed by atoms with Crippen LogP contribution in [0.25, 0.3) is 0 Å². The number of Topliss-reactive ketones (excluding diaryl/α,β-unsaturated/α-hetero) is 1. The minimum absolute atomic E-state index is 0.0293. The Hall–Kier alpha value is -1.39. The van der Waals surface area contributed by atoms with Crippen LogP contribution in [0.15, 0.2) is 0 Å². The summed E-state index contributed by atoms with van der Waals surface area (Å²) >= 11 is 0. The predicted octanol–water partition coefficient (Wildman–Crippen LogP) is 0.583. The summed E-state index contributed by atoms with van der Waals surface area (Å²) in [5.41, 5.74) is 0. The lowest BCUT2D eigenvalue weighted by Gasteiger charge is -1.99. The standard InChI is InChI=1S/C7H11NO4.C2H6/c1-5(9)4-8-6(10)2-3-7(11)12;1-2/h2-4H2,1H3,(H,8,10)(H,11,12);1-2H3. The van der Waals surface area contributed by atoms with E-state index in [0.29, 0.717) is 0 Å². The summed E-state index contributed by atoms with van der Waals surface area (Å²) in [4.78, 5) is 31.1. The molecular weight excluding hydrogens is 186 g/mol. The summed E-state index contributed by atoms with van der Waals surface area (Å²) in [5.74, 6) is -1.58. The molecule has 2 N–H and O–H groups in total. The van der Waals surface area contributed by atoms with E-state index in [-0.39, 0.29) is 25.2 Å². The van der Waals surface area contributed by atoms with E-state index in [1.54, 1.807) is 0 Å². The number of aliphatic carboxylic acids is 1. The van der Waals surface area contributed by atoms with Crippen LogP contribution in [0.1, 0.15) is 33.6 Å². The number of carboxylic acid groups (broad SMARTS) is 1. The molecule has 0 unspecified atom stereocenters. The summed E-state index contributed by atoms with van der Waals surface area (Å²) in [6.07, 6.45) is -0.285. The third-order valence-corrected chi connectivity index (χ3v) is 1.10. The van der Waals surface area contributed by atoms with E-state index in [1.807, 2.05) is 13.8 Å². The van der Waals surface area contributed by atoms with Gasteiger partial charge in [-0.25, -0.2) is 0 Å². The van der Waals surface area contributed by atoms with Crippen LogP contribution in [-0.2, 0) is 14.4 Å². The van der Waals surface area contributed by atoms with E-state index in [2.05, 4.69) is 5.32 Å². The largest absolute Gasteiger partial charge is 0.481 e. The lowest BCUT2D eigenvalue weighted by molar-refractivity contribution is -0.138. The zero-order valence-electron chi connectivity index (χ0n) is 8.79. The number of rotatable bonds is 5. The molecule has 0 aromatic heterocycles. The van der Waals surface area contributed by atoms with Gasteiger partial charge in [-0.1, -0.05) is 13.8 Å². The van der Waals surface area contributed by atoms with Gasteiger partial charge in [-0.05, 0) is 6.92 Å². The lowest BCUT2D eigenvalue weighted by Crippen LogP contribution is -2.28. The highest BCUT2D eigenvalue weighted by atomic mass is 16.4. The number of amides is 1. The van der Waals surface area contributed by atoms with Gasteiger partial charge in [-0.15, -0.1) is 0 Å². The average molecular weight is 203 g/mol. The quantitative estimate of drug-likeness (QED) is 0.684. The van der Waals surface area contributed by atoms with E-state index < -0.39 is 11.9 Å². The summed E-state index contributed by atoms with van der Waals surface area (Å²) in [5, 5.41) is 10.5. The molecule has 14 heavy (non-hydrogen) atoms. The summed E-state index contributed by atoms with van der Waals surface area (Å²) in [6, 6.07) is 0. The van der Waals surface area contributed by atoms with Gasteiger partial charge in [-0.3, -0.25) is 14.4 Å². The second-order valence-corrected chi connectivity index (χ2v) is 2.37. The van der Waals surface area contributed by atoms with E-state index >= 15 is 0 Å². The van der Waals surface area contributed by atoms with Gasteiger partial charge in [0.05, 0.1) is 13.0 Å². The fraction of sp³-hybridized carbons (Fsp3) is 0.667. The van der Waals surface area contributed by atoms with Crippen molar-refractivity contribution in [3.63, 3.8) is 0 Å². The summed E-state index contributed by atoms with van der Waals surface area (Å²) < 4.78 is 0. The highest BCUT2D eigenvalue weighted by Crippen LogP contribution is 1.87. The number of nitrogens with one attached hydrogen (secondary N) is 1. The Balaban J connectivity index is 0. The van der Waals surface area contributed by atoms with Crippen LogP contribution in [0.5, 0.6) is 0 Å². The molecule has 0 aromatic carbocycles. The Labute approximate surface area is 83.5 Å². The molecule has 0 aliphatic rings. The monoisotopic (exact) mass is 203 g/mol. The van der Waals surface area contributed by atoms with Crippen molar-refractivity contribution < 1.29 is 19.5 Å². The van der Waals surface area contributed by atoms with Crippen molar-refractivity contribution >= 4 is 17.7 Å². The second-order valence-electron chi connectivity index (χ2n) is 2.37. The molecule has 0 aliphatic carbocycles. The maximum Gasteiger partial charge on any atom is 0.303 e. The highest BCUT2D eigenvalue weighted by Gasteiger charge is 2.04. The van der Waals surface area contributed by atoms with Crippen molar-refractivity contribution in [3.05, 3.63) is 0 Å². The van der Waals surface area contributed by atoms with E-state index in [9.17, 15) is 14.4 Å².